The number of rotatable bonds is 81. The lowest BCUT2D eigenvalue weighted by Crippen LogP contribution is -2.30. The molecule has 0 aromatic carbocycles. The quantitative estimate of drug-likeness (QED) is 0.0222. The highest BCUT2D eigenvalue weighted by atomic mass is 31.2. The summed E-state index contributed by atoms with van der Waals surface area (Å²) in [4.78, 5) is 73.0. The van der Waals surface area contributed by atoms with Gasteiger partial charge in [-0.2, -0.15) is 0 Å². The van der Waals surface area contributed by atoms with E-state index in [1.807, 2.05) is 0 Å². The molecule has 0 aliphatic carbocycles. The second kappa shape index (κ2) is 73.6. The summed E-state index contributed by atoms with van der Waals surface area (Å²) in [6.45, 7) is 9.68. The number of hydrogen-bond acceptors (Lipinski definition) is 15. The minimum atomic E-state index is -4.96. The number of aliphatic hydroxyl groups is 1. The van der Waals surface area contributed by atoms with Crippen molar-refractivity contribution in [1.82, 2.24) is 0 Å². The number of ether oxygens (including phenoxy) is 4. The molecule has 0 fully saturated rings. The number of hydrogen-bond donors (Lipinski definition) is 3. The topological polar surface area (TPSA) is 237 Å². The van der Waals surface area contributed by atoms with Gasteiger partial charge in [0.25, 0.3) is 0 Å². The first-order valence-electron chi connectivity index (χ1n) is 42.6. The van der Waals surface area contributed by atoms with Crippen molar-refractivity contribution in [2.75, 3.05) is 39.6 Å². The first-order chi connectivity index (χ1) is 48.9. The van der Waals surface area contributed by atoms with Crippen LogP contribution in [0.15, 0.2) is 0 Å². The van der Waals surface area contributed by atoms with Gasteiger partial charge in [0.15, 0.2) is 12.2 Å². The lowest BCUT2D eigenvalue weighted by atomic mass is 9.99. The Balaban J connectivity index is 5.22. The molecule has 0 spiro atoms. The molecule has 0 aliphatic heterocycles. The Morgan fingerprint density at radius 1 is 0.277 bits per heavy atom. The number of aliphatic hydroxyl groups excluding tert-OH is 1. The molecule has 0 amide bonds. The molecule has 0 saturated carbocycles. The lowest BCUT2D eigenvalue weighted by Gasteiger charge is -2.21. The van der Waals surface area contributed by atoms with Crippen molar-refractivity contribution in [1.29, 1.82) is 0 Å². The fourth-order valence-corrected chi connectivity index (χ4v) is 14.2. The monoisotopic (exact) mass is 1480 g/mol. The third-order valence-corrected chi connectivity index (χ3v) is 21.8. The zero-order valence-corrected chi connectivity index (χ0v) is 68.0. The van der Waals surface area contributed by atoms with Crippen molar-refractivity contribution >= 4 is 39.5 Å². The largest absolute Gasteiger partial charge is 0.472 e. The van der Waals surface area contributed by atoms with Gasteiger partial charge < -0.3 is 33.8 Å². The van der Waals surface area contributed by atoms with Crippen LogP contribution in [0.25, 0.3) is 0 Å². The molecule has 0 aliphatic rings. The van der Waals surface area contributed by atoms with E-state index in [0.717, 1.165) is 102 Å². The predicted octanol–water partition coefficient (Wildman–Crippen LogP) is 24.7. The van der Waals surface area contributed by atoms with Crippen LogP contribution < -0.4 is 0 Å². The van der Waals surface area contributed by atoms with Crippen LogP contribution in [0.3, 0.4) is 0 Å². The van der Waals surface area contributed by atoms with E-state index in [1.54, 1.807) is 0 Å². The zero-order chi connectivity index (χ0) is 74.2. The SMILES string of the molecule is CCCCCCCCCCCCCCCCCCCCCCCC(=O)O[C@H](COC(=O)CCCCCCCCCCCCCCCCC(C)CC)COP(=O)(O)OC[C@@H](O)COP(=O)(O)OC[C@@H](COC(=O)CCCCCCCCCCCC)OC(=O)CCCCCCCCCCC(C)CC. The minimum absolute atomic E-state index is 0.105. The van der Waals surface area contributed by atoms with Crippen LogP contribution in [0, 0.1) is 11.8 Å². The molecule has 3 N–H and O–H groups in total. The Bertz CT molecular complexity index is 1950. The van der Waals surface area contributed by atoms with Crippen LogP contribution in [-0.4, -0.2) is 96.7 Å². The molecule has 600 valence electrons. The van der Waals surface area contributed by atoms with E-state index in [4.69, 9.17) is 37.0 Å². The standard InChI is InChI=1S/C82H160O17P2/c1-7-11-13-15-17-19-21-22-23-24-25-26-27-28-29-34-37-41-48-54-60-66-81(86)98-77(70-93-80(85)65-59-53-47-40-36-33-31-30-32-35-38-44-50-56-62-74(5)9-3)72-96-100(88,89)94-68-76(83)69-95-101(90,91)97-73-78(71-92-79(84)64-58-52-46-39-20-18-16-14-12-8-2)99-82(87)67-61-55-49-43-42-45-51-57-63-75(6)10-4/h74-78,83H,7-73H2,1-6H3,(H,88,89)(H,90,91)/t74?,75?,76-,77-,78-/m1/s1. The molecular weight excluding hydrogens is 1320 g/mol. The number of unbranched alkanes of at least 4 members (excludes halogenated alkanes) is 49. The average molecular weight is 1480 g/mol. The fraction of sp³-hybridized carbons (Fsp3) is 0.951. The van der Waals surface area contributed by atoms with E-state index in [0.29, 0.717) is 25.7 Å². The molecule has 19 heteroatoms. The Morgan fingerprint density at radius 2 is 0.475 bits per heavy atom. The van der Waals surface area contributed by atoms with Gasteiger partial charge >= 0.3 is 39.5 Å². The third-order valence-electron chi connectivity index (χ3n) is 19.9. The van der Waals surface area contributed by atoms with Gasteiger partial charge in [-0.1, -0.05) is 382 Å². The van der Waals surface area contributed by atoms with Gasteiger partial charge in [-0.15, -0.1) is 0 Å². The summed E-state index contributed by atoms with van der Waals surface area (Å²) in [7, 11) is -9.92. The van der Waals surface area contributed by atoms with Gasteiger partial charge in [-0.05, 0) is 37.5 Å². The molecule has 0 heterocycles. The van der Waals surface area contributed by atoms with E-state index in [-0.39, 0.29) is 25.7 Å². The van der Waals surface area contributed by atoms with Crippen LogP contribution in [-0.2, 0) is 65.4 Å². The molecule has 0 saturated heterocycles. The second-order valence-electron chi connectivity index (χ2n) is 30.0. The normalized spacial score (nSPS) is 14.4. The average Bonchev–Trinajstić information content (AvgIpc) is 0.983. The first kappa shape index (κ1) is 99.1. The smallest absolute Gasteiger partial charge is 0.462 e. The number of phosphoric ester groups is 2. The summed E-state index contributed by atoms with van der Waals surface area (Å²) in [6.07, 6.45) is 63.8. The molecular formula is C82H160O17P2. The van der Waals surface area contributed by atoms with E-state index < -0.39 is 97.5 Å². The maximum Gasteiger partial charge on any atom is 0.472 e. The lowest BCUT2D eigenvalue weighted by molar-refractivity contribution is -0.161. The van der Waals surface area contributed by atoms with Crippen molar-refractivity contribution in [2.24, 2.45) is 11.8 Å². The fourth-order valence-electron chi connectivity index (χ4n) is 12.6. The van der Waals surface area contributed by atoms with E-state index in [9.17, 15) is 43.2 Å². The second-order valence-corrected chi connectivity index (χ2v) is 32.9. The molecule has 0 bridgehead atoms. The van der Waals surface area contributed by atoms with Gasteiger partial charge in [0.1, 0.15) is 19.3 Å². The van der Waals surface area contributed by atoms with Crippen molar-refractivity contribution < 1.29 is 80.2 Å². The molecule has 7 atom stereocenters. The van der Waals surface area contributed by atoms with Gasteiger partial charge in [0.2, 0.25) is 0 Å². The maximum absolute atomic E-state index is 13.1. The van der Waals surface area contributed by atoms with Gasteiger partial charge in [0, 0.05) is 25.7 Å². The van der Waals surface area contributed by atoms with Gasteiger partial charge in [-0.3, -0.25) is 37.3 Å². The van der Waals surface area contributed by atoms with Crippen LogP contribution in [0.2, 0.25) is 0 Å². The van der Waals surface area contributed by atoms with Crippen LogP contribution >= 0.6 is 15.6 Å². The zero-order valence-electron chi connectivity index (χ0n) is 66.2. The molecule has 4 unspecified atom stereocenters. The van der Waals surface area contributed by atoms with Crippen LogP contribution in [0.5, 0.6) is 0 Å². The molecule has 0 aromatic rings. The van der Waals surface area contributed by atoms with Crippen molar-refractivity contribution in [3.05, 3.63) is 0 Å². The summed E-state index contributed by atoms with van der Waals surface area (Å²) < 4.78 is 68.7. The summed E-state index contributed by atoms with van der Waals surface area (Å²) in [5, 5.41) is 10.6. The number of phosphoric acid groups is 2. The molecule has 0 aromatic heterocycles. The van der Waals surface area contributed by atoms with E-state index in [2.05, 4.69) is 41.5 Å². The highest BCUT2D eigenvalue weighted by Crippen LogP contribution is 2.45. The van der Waals surface area contributed by atoms with Crippen LogP contribution in [0.1, 0.15) is 433 Å². The minimum Gasteiger partial charge on any atom is -0.462 e. The predicted molar refractivity (Wildman–Crippen MR) is 414 cm³/mol. The molecule has 0 rings (SSSR count). The Hall–Kier alpha value is -1.94. The van der Waals surface area contributed by atoms with E-state index in [1.165, 1.54) is 250 Å². The first-order valence-corrected chi connectivity index (χ1v) is 45.6. The number of esters is 4. The maximum atomic E-state index is 13.1. The highest BCUT2D eigenvalue weighted by Gasteiger charge is 2.30. The van der Waals surface area contributed by atoms with E-state index >= 15 is 0 Å². The van der Waals surface area contributed by atoms with Crippen LogP contribution in [0.4, 0.5) is 0 Å². The molecule has 101 heavy (non-hydrogen) atoms. The molecule has 0 radical (unpaired) electrons. The Morgan fingerprint density at radius 3 is 0.703 bits per heavy atom. The summed E-state index contributed by atoms with van der Waals surface area (Å²) in [6, 6.07) is 0. The highest BCUT2D eigenvalue weighted by molar-refractivity contribution is 7.47. The Kier molecular flexibility index (Phi) is 72.2. The number of carbonyl (C=O) groups is 4. The van der Waals surface area contributed by atoms with Gasteiger partial charge in [0.05, 0.1) is 26.4 Å². The van der Waals surface area contributed by atoms with Crippen molar-refractivity contribution in [2.45, 2.75) is 452 Å². The van der Waals surface area contributed by atoms with Gasteiger partial charge in [-0.25, -0.2) is 9.13 Å². The molecule has 17 nitrogen and oxygen atoms in total. The summed E-state index contributed by atoms with van der Waals surface area (Å²) in [5.41, 5.74) is 0. The van der Waals surface area contributed by atoms with Crippen molar-refractivity contribution in [3.63, 3.8) is 0 Å². The number of carbonyl (C=O) groups excluding carboxylic acids is 4. The Labute approximate surface area is 619 Å². The third kappa shape index (κ3) is 73.4. The summed E-state index contributed by atoms with van der Waals surface area (Å²) in [5.74, 6) is -0.490. The summed E-state index contributed by atoms with van der Waals surface area (Å²) >= 11 is 0. The van der Waals surface area contributed by atoms with Crippen molar-refractivity contribution in [3.8, 4) is 0 Å².